The predicted octanol–water partition coefficient (Wildman–Crippen LogP) is 3.19. The van der Waals surface area contributed by atoms with Crippen LogP contribution in [0.15, 0.2) is 53.1 Å². The first kappa shape index (κ1) is 14.8. The van der Waals surface area contributed by atoms with Gasteiger partial charge in [-0.05, 0) is 43.3 Å². The molecule has 0 bridgehead atoms. The molecule has 0 saturated heterocycles. The Hall–Kier alpha value is -3.09. The fourth-order valence-corrected chi connectivity index (χ4v) is 1.86. The Balaban J connectivity index is 1.72. The van der Waals surface area contributed by atoms with E-state index in [2.05, 4.69) is 15.2 Å². The average Bonchev–Trinajstić information content (AvgIpc) is 3.06. The third-order valence-electron chi connectivity index (χ3n) is 3.04. The highest BCUT2D eigenvalue weighted by Gasteiger charge is 2.20. The van der Waals surface area contributed by atoms with E-state index in [0.29, 0.717) is 5.56 Å². The van der Waals surface area contributed by atoms with Crippen LogP contribution >= 0.6 is 0 Å². The number of nitrogens with zero attached hydrogens (tertiary/aromatic N) is 3. The van der Waals surface area contributed by atoms with Crippen LogP contribution < -0.4 is 0 Å². The number of halogens is 1. The van der Waals surface area contributed by atoms with Crippen LogP contribution in [0.2, 0.25) is 0 Å². The van der Waals surface area contributed by atoms with E-state index in [1.54, 1.807) is 25.1 Å². The number of aromatic nitrogens is 3. The van der Waals surface area contributed by atoms with E-state index in [-0.39, 0.29) is 23.3 Å². The number of hydrogen-bond acceptors (Lipinski definition) is 6. The SMILES string of the molecule is C[C@@H](OC(=O)c1ccccn1)c1nnc(-c2ccc(F)cc2)o1. The molecule has 0 fully saturated rings. The summed E-state index contributed by atoms with van der Waals surface area (Å²) in [5.74, 6) is -0.569. The van der Waals surface area contributed by atoms with Crippen molar-refractivity contribution >= 4 is 5.97 Å². The highest BCUT2D eigenvalue weighted by atomic mass is 19.1. The molecule has 1 atom stereocenters. The van der Waals surface area contributed by atoms with Gasteiger partial charge in [0.1, 0.15) is 11.5 Å². The molecule has 3 aromatic rings. The minimum absolute atomic E-state index is 0.147. The maximum atomic E-state index is 12.9. The van der Waals surface area contributed by atoms with E-state index >= 15 is 0 Å². The molecule has 0 amide bonds. The van der Waals surface area contributed by atoms with E-state index in [1.165, 1.54) is 30.5 Å². The Labute approximate surface area is 131 Å². The summed E-state index contributed by atoms with van der Waals surface area (Å²) >= 11 is 0. The smallest absolute Gasteiger partial charge is 0.357 e. The summed E-state index contributed by atoms with van der Waals surface area (Å²) in [6.07, 6.45) is 0.770. The van der Waals surface area contributed by atoms with Gasteiger partial charge in [0, 0.05) is 11.8 Å². The second-order valence-electron chi connectivity index (χ2n) is 4.71. The maximum Gasteiger partial charge on any atom is 0.357 e. The Kier molecular flexibility index (Phi) is 4.09. The van der Waals surface area contributed by atoms with Gasteiger partial charge in [-0.25, -0.2) is 14.2 Å². The van der Waals surface area contributed by atoms with Crippen LogP contribution in [0, 0.1) is 5.82 Å². The lowest BCUT2D eigenvalue weighted by molar-refractivity contribution is 0.0273. The lowest BCUT2D eigenvalue weighted by Gasteiger charge is -2.08. The van der Waals surface area contributed by atoms with Crippen molar-refractivity contribution in [3.8, 4) is 11.5 Å². The molecule has 0 spiro atoms. The molecule has 0 aliphatic carbocycles. The van der Waals surface area contributed by atoms with Crippen molar-refractivity contribution in [2.75, 3.05) is 0 Å². The summed E-state index contributed by atoms with van der Waals surface area (Å²) in [7, 11) is 0. The van der Waals surface area contributed by atoms with Crippen molar-refractivity contribution in [2.45, 2.75) is 13.0 Å². The predicted molar refractivity (Wildman–Crippen MR) is 77.8 cm³/mol. The van der Waals surface area contributed by atoms with Crippen molar-refractivity contribution in [3.63, 3.8) is 0 Å². The van der Waals surface area contributed by atoms with E-state index in [9.17, 15) is 9.18 Å². The number of carbonyl (C=O) groups is 1. The molecule has 3 rings (SSSR count). The molecule has 0 saturated carbocycles. The van der Waals surface area contributed by atoms with Crippen LogP contribution in [0.1, 0.15) is 29.4 Å². The molecule has 23 heavy (non-hydrogen) atoms. The van der Waals surface area contributed by atoms with Crippen LogP contribution in [0.4, 0.5) is 4.39 Å². The van der Waals surface area contributed by atoms with Crippen LogP contribution in [-0.4, -0.2) is 21.2 Å². The summed E-state index contributed by atoms with van der Waals surface area (Å²) in [6, 6.07) is 10.6. The highest BCUT2D eigenvalue weighted by molar-refractivity contribution is 5.87. The van der Waals surface area contributed by atoms with E-state index < -0.39 is 12.1 Å². The van der Waals surface area contributed by atoms with Gasteiger partial charge < -0.3 is 9.15 Å². The molecule has 1 aromatic carbocycles. The topological polar surface area (TPSA) is 78.1 Å². The zero-order valence-corrected chi connectivity index (χ0v) is 12.1. The number of ether oxygens (including phenoxy) is 1. The molecule has 0 N–H and O–H groups in total. The van der Waals surface area contributed by atoms with Gasteiger partial charge in [0.2, 0.25) is 5.89 Å². The highest BCUT2D eigenvalue weighted by Crippen LogP contribution is 2.23. The van der Waals surface area contributed by atoms with E-state index in [4.69, 9.17) is 9.15 Å². The van der Waals surface area contributed by atoms with Crippen molar-refractivity contribution < 1.29 is 18.3 Å². The number of rotatable bonds is 4. The quantitative estimate of drug-likeness (QED) is 0.688. The monoisotopic (exact) mass is 313 g/mol. The lowest BCUT2D eigenvalue weighted by atomic mass is 10.2. The first-order chi connectivity index (χ1) is 11.1. The lowest BCUT2D eigenvalue weighted by Crippen LogP contribution is -2.10. The molecule has 0 aliphatic rings. The van der Waals surface area contributed by atoms with Crippen molar-refractivity contribution in [2.24, 2.45) is 0 Å². The van der Waals surface area contributed by atoms with Crippen LogP contribution in [0.5, 0.6) is 0 Å². The van der Waals surface area contributed by atoms with Crippen molar-refractivity contribution in [1.82, 2.24) is 15.2 Å². The molecule has 0 unspecified atom stereocenters. The molecular formula is C16H12FN3O3. The van der Waals surface area contributed by atoms with Gasteiger partial charge in [-0.15, -0.1) is 10.2 Å². The third-order valence-corrected chi connectivity index (χ3v) is 3.04. The molecule has 2 heterocycles. The summed E-state index contributed by atoms with van der Waals surface area (Å²) < 4.78 is 23.6. The first-order valence-electron chi connectivity index (χ1n) is 6.85. The minimum atomic E-state index is -0.730. The fraction of sp³-hybridized carbons (Fsp3) is 0.125. The largest absolute Gasteiger partial charge is 0.448 e. The van der Waals surface area contributed by atoms with Gasteiger partial charge in [-0.1, -0.05) is 6.07 Å². The Morgan fingerprint density at radius 3 is 2.65 bits per heavy atom. The second-order valence-corrected chi connectivity index (χ2v) is 4.71. The van der Waals surface area contributed by atoms with Crippen molar-refractivity contribution in [3.05, 3.63) is 66.1 Å². The summed E-state index contributed by atoms with van der Waals surface area (Å²) in [5.41, 5.74) is 0.769. The summed E-state index contributed by atoms with van der Waals surface area (Å²) in [6.45, 7) is 1.61. The first-order valence-corrected chi connectivity index (χ1v) is 6.85. The van der Waals surface area contributed by atoms with Crippen LogP contribution in [-0.2, 0) is 4.74 Å². The summed E-state index contributed by atoms with van der Waals surface area (Å²) in [5, 5.41) is 7.72. The normalized spacial score (nSPS) is 11.9. The fourth-order valence-electron chi connectivity index (χ4n) is 1.86. The number of hydrogen-bond donors (Lipinski definition) is 0. The Morgan fingerprint density at radius 2 is 1.96 bits per heavy atom. The standard InChI is InChI=1S/C16H12FN3O3/c1-10(22-16(21)13-4-2-3-9-18-13)14-19-20-15(23-14)11-5-7-12(17)8-6-11/h2-10H,1H3/t10-/m1/s1. The molecule has 2 aromatic heterocycles. The van der Waals surface area contributed by atoms with E-state index in [1.807, 2.05) is 0 Å². The van der Waals surface area contributed by atoms with Crippen molar-refractivity contribution in [1.29, 1.82) is 0 Å². The maximum absolute atomic E-state index is 12.9. The van der Waals surface area contributed by atoms with Gasteiger partial charge in [-0.2, -0.15) is 0 Å². The number of benzene rings is 1. The van der Waals surface area contributed by atoms with Gasteiger partial charge >= 0.3 is 5.97 Å². The Bertz CT molecular complexity index is 803. The van der Waals surface area contributed by atoms with Crippen LogP contribution in [0.25, 0.3) is 11.5 Å². The van der Waals surface area contributed by atoms with Gasteiger partial charge in [0.25, 0.3) is 5.89 Å². The van der Waals surface area contributed by atoms with E-state index in [0.717, 1.165) is 0 Å². The summed E-state index contributed by atoms with van der Waals surface area (Å²) in [4.78, 5) is 15.8. The molecule has 0 aliphatic heterocycles. The average molecular weight is 313 g/mol. The van der Waals surface area contributed by atoms with Crippen LogP contribution in [0.3, 0.4) is 0 Å². The molecule has 0 radical (unpaired) electrons. The third kappa shape index (κ3) is 3.39. The number of esters is 1. The Morgan fingerprint density at radius 1 is 1.17 bits per heavy atom. The minimum Gasteiger partial charge on any atom is -0.448 e. The zero-order valence-electron chi connectivity index (χ0n) is 12.1. The van der Waals surface area contributed by atoms with Gasteiger partial charge in [-0.3, -0.25) is 0 Å². The second kappa shape index (κ2) is 6.35. The molecule has 7 heteroatoms. The van der Waals surface area contributed by atoms with Gasteiger partial charge in [0.05, 0.1) is 0 Å². The number of carbonyl (C=O) groups excluding carboxylic acids is 1. The van der Waals surface area contributed by atoms with Gasteiger partial charge in [0.15, 0.2) is 6.10 Å². The zero-order chi connectivity index (χ0) is 16.2. The molecule has 6 nitrogen and oxygen atoms in total. The molecular weight excluding hydrogens is 301 g/mol. The number of pyridine rings is 1. The molecule has 116 valence electrons.